The molecule has 20 heavy (non-hydrogen) atoms. The third-order valence-electron chi connectivity index (χ3n) is 2.33. The number of halogens is 3. The van der Waals surface area contributed by atoms with Gasteiger partial charge in [0, 0.05) is 12.7 Å². The molecule has 1 heterocycles. The maximum Gasteiger partial charge on any atom is 0.433 e. The molecule has 1 rings (SSSR count). The Morgan fingerprint density at radius 1 is 1.40 bits per heavy atom. The number of hydrogen-bond acceptors (Lipinski definition) is 5. The number of nitrogens with zero attached hydrogens (tertiary/aromatic N) is 3. The van der Waals surface area contributed by atoms with Gasteiger partial charge >= 0.3 is 12.1 Å². The van der Waals surface area contributed by atoms with Crippen molar-refractivity contribution in [1.29, 1.82) is 0 Å². The summed E-state index contributed by atoms with van der Waals surface area (Å²) in [6.07, 6.45) is -2.88. The zero-order valence-electron chi connectivity index (χ0n) is 11.3. The van der Waals surface area contributed by atoms with Gasteiger partial charge in [-0.25, -0.2) is 9.97 Å². The topological polar surface area (TPSA) is 55.3 Å². The molecular formula is C12H16F3N3O2. The van der Waals surface area contributed by atoms with Crippen LogP contribution in [0.2, 0.25) is 0 Å². The fourth-order valence-electron chi connectivity index (χ4n) is 1.54. The Morgan fingerprint density at radius 3 is 2.65 bits per heavy atom. The van der Waals surface area contributed by atoms with Gasteiger partial charge in [0.15, 0.2) is 0 Å². The number of ether oxygens (including phenoxy) is 1. The largest absolute Gasteiger partial charge is 0.465 e. The quantitative estimate of drug-likeness (QED) is 0.753. The van der Waals surface area contributed by atoms with E-state index in [1.165, 1.54) is 4.90 Å². The van der Waals surface area contributed by atoms with E-state index in [1.807, 2.05) is 6.92 Å². The molecule has 0 aliphatic rings. The normalized spacial score (nSPS) is 11.2. The van der Waals surface area contributed by atoms with E-state index >= 15 is 0 Å². The molecular weight excluding hydrogens is 275 g/mol. The number of hydrogen-bond donors (Lipinski definition) is 0. The molecule has 0 saturated heterocycles. The van der Waals surface area contributed by atoms with E-state index in [0.717, 1.165) is 12.3 Å². The second kappa shape index (κ2) is 7.06. The Balaban J connectivity index is 2.94. The van der Waals surface area contributed by atoms with Crippen molar-refractivity contribution in [2.45, 2.75) is 26.4 Å². The summed E-state index contributed by atoms with van der Waals surface area (Å²) >= 11 is 0. The summed E-state index contributed by atoms with van der Waals surface area (Å²) in [6, 6.07) is 0.790. The maximum atomic E-state index is 12.6. The van der Waals surface area contributed by atoms with Gasteiger partial charge in [0.05, 0.1) is 6.61 Å². The minimum Gasteiger partial charge on any atom is -0.465 e. The molecule has 0 aliphatic heterocycles. The predicted molar refractivity (Wildman–Crippen MR) is 66.2 cm³/mol. The average molecular weight is 291 g/mol. The van der Waals surface area contributed by atoms with Crippen molar-refractivity contribution in [3.63, 3.8) is 0 Å². The molecule has 0 fully saturated rings. The molecule has 0 aromatic carbocycles. The minimum atomic E-state index is -4.54. The van der Waals surface area contributed by atoms with Crippen molar-refractivity contribution in [2.75, 3.05) is 24.6 Å². The number of alkyl halides is 3. The molecule has 112 valence electrons. The predicted octanol–water partition coefficient (Wildman–Crippen LogP) is 2.27. The molecule has 0 radical (unpaired) electrons. The zero-order valence-corrected chi connectivity index (χ0v) is 11.3. The number of carbonyl (C=O) groups excluding carboxylic acids is 1. The van der Waals surface area contributed by atoms with Crippen molar-refractivity contribution in [1.82, 2.24) is 9.97 Å². The molecule has 1 aromatic rings. The third kappa shape index (κ3) is 4.67. The van der Waals surface area contributed by atoms with Gasteiger partial charge in [-0.2, -0.15) is 13.2 Å². The van der Waals surface area contributed by atoms with Crippen LogP contribution in [0.1, 0.15) is 26.0 Å². The van der Waals surface area contributed by atoms with Crippen LogP contribution in [0.15, 0.2) is 12.3 Å². The highest BCUT2D eigenvalue weighted by atomic mass is 19.4. The Kier molecular flexibility index (Phi) is 5.72. The first-order valence-corrected chi connectivity index (χ1v) is 6.19. The standard InChI is InChI=1S/C12H16F3N3O2/c1-3-7-18(8-10(19)20-4-2)11-16-6-5-9(17-11)12(13,14)15/h5-6H,3-4,7-8H2,1-2H3. The lowest BCUT2D eigenvalue weighted by molar-refractivity contribution is -0.141. The molecule has 0 bridgehead atoms. The highest BCUT2D eigenvalue weighted by molar-refractivity contribution is 5.74. The highest BCUT2D eigenvalue weighted by Crippen LogP contribution is 2.28. The average Bonchev–Trinajstić information content (AvgIpc) is 2.38. The van der Waals surface area contributed by atoms with Crippen molar-refractivity contribution < 1.29 is 22.7 Å². The van der Waals surface area contributed by atoms with Gasteiger partial charge in [0.25, 0.3) is 0 Å². The molecule has 8 heteroatoms. The number of rotatable bonds is 6. The van der Waals surface area contributed by atoms with Crippen LogP contribution >= 0.6 is 0 Å². The summed E-state index contributed by atoms with van der Waals surface area (Å²) in [4.78, 5) is 20.1. The second-order valence-corrected chi connectivity index (χ2v) is 3.97. The molecule has 5 nitrogen and oxygen atoms in total. The van der Waals surface area contributed by atoms with Crippen LogP contribution in [0.25, 0.3) is 0 Å². The second-order valence-electron chi connectivity index (χ2n) is 3.97. The summed E-state index contributed by atoms with van der Waals surface area (Å²) < 4.78 is 42.6. The summed E-state index contributed by atoms with van der Waals surface area (Å²) in [7, 11) is 0. The highest BCUT2D eigenvalue weighted by Gasteiger charge is 2.33. The zero-order chi connectivity index (χ0) is 15.2. The smallest absolute Gasteiger partial charge is 0.433 e. The van der Waals surface area contributed by atoms with Gasteiger partial charge in [0.2, 0.25) is 5.95 Å². The minimum absolute atomic E-state index is 0.130. The fourth-order valence-corrected chi connectivity index (χ4v) is 1.54. The van der Waals surface area contributed by atoms with Crippen molar-refractivity contribution >= 4 is 11.9 Å². The molecule has 0 N–H and O–H groups in total. The van der Waals surface area contributed by atoms with Crippen LogP contribution in [0.5, 0.6) is 0 Å². The number of anilines is 1. The van der Waals surface area contributed by atoms with Crippen LogP contribution < -0.4 is 4.90 Å². The van der Waals surface area contributed by atoms with Gasteiger partial charge < -0.3 is 9.64 Å². The molecule has 0 amide bonds. The van der Waals surface area contributed by atoms with Gasteiger partial charge in [-0.1, -0.05) is 6.92 Å². The van der Waals surface area contributed by atoms with Gasteiger partial charge in [-0.05, 0) is 19.4 Å². The van der Waals surface area contributed by atoms with Crippen molar-refractivity contribution in [3.8, 4) is 0 Å². The van der Waals surface area contributed by atoms with E-state index in [4.69, 9.17) is 4.74 Å². The number of esters is 1. The number of aromatic nitrogens is 2. The Bertz CT molecular complexity index is 452. The van der Waals surface area contributed by atoms with Gasteiger partial charge in [0.1, 0.15) is 12.2 Å². The summed E-state index contributed by atoms with van der Waals surface area (Å²) in [5, 5.41) is 0. The Hall–Kier alpha value is -1.86. The van der Waals surface area contributed by atoms with E-state index in [-0.39, 0.29) is 19.1 Å². The van der Waals surface area contributed by atoms with E-state index in [2.05, 4.69) is 9.97 Å². The number of carbonyl (C=O) groups is 1. The third-order valence-corrected chi connectivity index (χ3v) is 2.33. The Morgan fingerprint density at radius 2 is 2.10 bits per heavy atom. The molecule has 0 aliphatic carbocycles. The molecule has 0 saturated carbocycles. The van der Waals surface area contributed by atoms with Crippen LogP contribution in [-0.2, 0) is 15.7 Å². The van der Waals surface area contributed by atoms with E-state index in [9.17, 15) is 18.0 Å². The van der Waals surface area contributed by atoms with Gasteiger partial charge in [-0.3, -0.25) is 4.79 Å². The lowest BCUT2D eigenvalue weighted by atomic mass is 10.4. The van der Waals surface area contributed by atoms with E-state index in [0.29, 0.717) is 13.0 Å². The summed E-state index contributed by atoms with van der Waals surface area (Å²) in [5.74, 6) is -0.656. The van der Waals surface area contributed by atoms with Crippen molar-refractivity contribution in [3.05, 3.63) is 18.0 Å². The Labute approximate surface area is 114 Å². The first-order chi connectivity index (χ1) is 9.38. The molecule has 0 unspecified atom stereocenters. The first kappa shape index (κ1) is 16.2. The van der Waals surface area contributed by atoms with Crippen molar-refractivity contribution in [2.24, 2.45) is 0 Å². The van der Waals surface area contributed by atoms with Gasteiger partial charge in [-0.15, -0.1) is 0 Å². The molecule has 1 aromatic heterocycles. The van der Waals surface area contributed by atoms with E-state index < -0.39 is 17.8 Å². The lowest BCUT2D eigenvalue weighted by Gasteiger charge is -2.21. The van der Waals surface area contributed by atoms with Crippen LogP contribution in [-0.4, -0.2) is 35.6 Å². The fraction of sp³-hybridized carbons (Fsp3) is 0.583. The lowest BCUT2D eigenvalue weighted by Crippen LogP contribution is -2.33. The van der Waals surface area contributed by atoms with Crippen LogP contribution in [0.3, 0.4) is 0 Å². The van der Waals surface area contributed by atoms with Crippen LogP contribution in [0, 0.1) is 0 Å². The van der Waals surface area contributed by atoms with Crippen LogP contribution in [0.4, 0.5) is 19.1 Å². The molecule has 0 atom stereocenters. The summed E-state index contributed by atoms with van der Waals surface area (Å²) in [6.45, 7) is 3.89. The monoisotopic (exact) mass is 291 g/mol. The summed E-state index contributed by atoms with van der Waals surface area (Å²) in [5.41, 5.74) is -1.03. The maximum absolute atomic E-state index is 12.6. The first-order valence-electron chi connectivity index (χ1n) is 6.19. The SMILES string of the molecule is CCCN(CC(=O)OCC)c1nccc(C(F)(F)F)n1. The van der Waals surface area contributed by atoms with E-state index in [1.54, 1.807) is 6.92 Å². The molecule has 0 spiro atoms.